The first-order valence-corrected chi connectivity index (χ1v) is 9.91. The van der Waals surface area contributed by atoms with E-state index in [0.29, 0.717) is 19.0 Å². The molecule has 0 aliphatic heterocycles. The Morgan fingerprint density at radius 3 is 2.54 bits per heavy atom. The summed E-state index contributed by atoms with van der Waals surface area (Å²) in [5, 5.41) is 5.34. The quantitative estimate of drug-likeness (QED) is 0.667. The average Bonchev–Trinajstić information content (AvgIpc) is 2.68. The molecule has 2 rings (SSSR count). The maximum Gasteiger partial charge on any atom is 0.321 e. The van der Waals surface area contributed by atoms with Gasteiger partial charge in [-0.15, -0.1) is 0 Å². The highest BCUT2D eigenvalue weighted by atomic mass is 16.5. The Kier molecular flexibility index (Phi) is 8.94. The fourth-order valence-electron chi connectivity index (χ4n) is 3.51. The van der Waals surface area contributed by atoms with E-state index >= 15 is 0 Å². The fraction of sp³-hybridized carbons (Fsp3) is 0.571. The molecule has 28 heavy (non-hydrogen) atoms. The molecule has 1 saturated carbocycles. The Hall–Kier alpha value is -2.41. The van der Waals surface area contributed by atoms with E-state index in [1.807, 2.05) is 35.2 Å². The number of esters is 1. The maximum atomic E-state index is 12.4. The van der Waals surface area contributed by atoms with Crippen molar-refractivity contribution in [3.63, 3.8) is 0 Å². The van der Waals surface area contributed by atoms with E-state index in [1.54, 1.807) is 0 Å². The Morgan fingerprint density at radius 1 is 1.14 bits per heavy atom. The van der Waals surface area contributed by atoms with E-state index < -0.39 is 6.03 Å². The summed E-state index contributed by atoms with van der Waals surface area (Å²) < 4.78 is 4.68. The van der Waals surface area contributed by atoms with E-state index in [0.717, 1.165) is 24.8 Å². The van der Waals surface area contributed by atoms with Crippen LogP contribution in [-0.2, 0) is 20.9 Å². The summed E-state index contributed by atoms with van der Waals surface area (Å²) in [5.74, 6) is -0.298. The number of ether oxygens (including phenoxy) is 1. The zero-order valence-electron chi connectivity index (χ0n) is 16.8. The van der Waals surface area contributed by atoms with Crippen molar-refractivity contribution in [1.29, 1.82) is 0 Å². The molecule has 0 spiro atoms. The highest BCUT2D eigenvalue weighted by Gasteiger charge is 2.23. The van der Waals surface area contributed by atoms with Crippen LogP contribution in [0.25, 0.3) is 0 Å². The van der Waals surface area contributed by atoms with Crippen LogP contribution in [0, 0.1) is 5.92 Å². The van der Waals surface area contributed by atoms with Gasteiger partial charge in [0.25, 0.3) is 0 Å². The van der Waals surface area contributed by atoms with Crippen LogP contribution < -0.4 is 10.6 Å². The van der Waals surface area contributed by atoms with Gasteiger partial charge < -0.3 is 10.1 Å². The number of urea groups is 1. The summed E-state index contributed by atoms with van der Waals surface area (Å²) in [6.45, 7) is 3.03. The Labute approximate surface area is 166 Å². The smallest absolute Gasteiger partial charge is 0.321 e. The molecule has 7 nitrogen and oxygen atoms in total. The number of carbonyl (C=O) groups is 3. The lowest BCUT2D eigenvalue weighted by Crippen LogP contribution is -2.49. The second kappa shape index (κ2) is 11.4. The number of benzene rings is 1. The van der Waals surface area contributed by atoms with Gasteiger partial charge in [-0.1, -0.05) is 50.1 Å². The molecule has 0 bridgehead atoms. The van der Waals surface area contributed by atoms with E-state index in [9.17, 15) is 14.4 Å². The summed E-state index contributed by atoms with van der Waals surface area (Å²) >= 11 is 0. The van der Waals surface area contributed by atoms with Crippen LogP contribution in [0.5, 0.6) is 0 Å². The van der Waals surface area contributed by atoms with Gasteiger partial charge in [-0.05, 0) is 24.3 Å². The molecule has 7 heteroatoms. The Balaban J connectivity index is 1.86. The minimum Gasteiger partial charge on any atom is -0.469 e. The summed E-state index contributed by atoms with van der Waals surface area (Å²) in [7, 11) is 1.34. The van der Waals surface area contributed by atoms with Crippen molar-refractivity contribution in [2.24, 2.45) is 5.92 Å². The Bertz CT molecular complexity index is 650. The number of hydrogen-bond acceptors (Lipinski definition) is 5. The number of hydrogen-bond donors (Lipinski definition) is 2. The van der Waals surface area contributed by atoms with Crippen molar-refractivity contribution in [1.82, 2.24) is 15.5 Å². The number of nitrogens with zero attached hydrogens (tertiary/aromatic N) is 1. The summed E-state index contributed by atoms with van der Waals surface area (Å²) in [5.41, 5.74) is 1.03. The molecular weight excluding hydrogens is 358 g/mol. The Morgan fingerprint density at radius 2 is 1.86 bits per heavy atom. The van der Waals surface area contributed by atoms with Crippen LogP contribution in [0.3, 0.4) is 0 Å². The molecule has 0 aromatic heterocycles. The van der Waals surface area contributed by atoms with E-state index in [-0.39, 0.29) is 30.9 Å². The molecule has 1 aliphatic rings. The number of methoxy groups -OCH3 is 1. The van der Waals surface area contributed by atoms with Crippen LogP contribution in [0.4, 0.5) is 4.79 Å². The zero-order valence-corrected chi connectivity index (χ0v) is 16.8. The molecule has 2 atom stereocenters. The third-order valence-corrected chi connectivity index (χ3v) is 5.16. The lowest BCUT2D eigenvalue weighted by Gasteiger charge is -2.29. The van der Waals surface area contributed by atoms with Crippen LogP contribution in [0.1, 0.15) is 44.6 Å². The van der Waals surface area contributed by atoms with Crippen molar-refractivity contribution < 1.29 is 19.1 Å². The van der Waals surface area contributed by atoms with Crippen molar-refractivity contribution in [3.8, 4) is 0 Å². The van der Waals surface area contributed by atoms with E-state index in [2.05, 4.69) is 22.3 Å². The van der Waals surface area contributed by atoms with Gasteiger partial charge in [-0.3, -0.25) is 19.8 Å². The highest BCUT2D eigenvalue weighted by Crippen LogP contribution is 2.23. The number of nitrogens with one attached hydrogen (secondary N) is 2. The molecule has 1 fully saturated rings. The van der Waals surface area contributed by atoms with Gasteiger partial charge in [0, 0.05) is 19.1 Å². The van der Waals surface area contributed by atoms with Crippen LogP contribution >= 0.6 is 0 Å². The minimum atomic E-state index is -0.448. The predicted molar refractivity (Wildman–Crippen MR) is 106 cm³/mol. The van der Waals surface area contributed by atoms with Gasteiger partial charge >= 0.3 is 12.0 Å². The predicted octanol–water partition coefficient (Wildman–Crippen LogP) is 2.46. The SMILES string of the molecule is COC(=O)CCN(CC(=O)NC(=O)N[C@H]1CCCC[C@@H]1C)Cc1ccccc1. The number of rotatable bonds is 8. The number of amides is 3. The lowest BCUT2D eigenvalue weighted by atomic mass is 9.86. The molecule has 0 heterocycles. The highest BCUT2D eigenvalue weighted by molar-refractivity contribution is 5.95. The van der Waals surface area contributed by atoms with Gasteiger partial charge in [0.1, 0.15) is 0 Å². The molecule has 2 N–H and O–H groups in total. The largest absolute Gasteiger partial charge is 0.469 e. The standard InChI is InChI=1S/C21H31N3O4/c1-16-8-6-7-11-18(16)22-21(27)23-19(25)15-24(13-12-20(26)28-2)14-17-9-4-3-5-10-17/h3-5,9-10,16,18H,6-8,11-15H2,1-2H3,(H2,22,23,25,27)/t16-,18-/m0/s1. The van der Waals surface area contributed by atoms with E-state index in [4.69, 9.17) is 0 Å². The van der Waals surface area contributed by atoms with Crippen LogP contribution in [0.15, 0.2) is 30.3 Å². The first-order chi connectivity index (χ1) is 13.5. The van der Waals surface area contributed by atoms with Crippen LogP contribution in [0.2, 0.25) is 0 Å². The summed E-state index contributed by atoms with van der Waals surface area (Å²) in [6, 6.07) is 9.35. The molecule has 1 aromatic rings. The lowest BCUT2D eigenvalue weighted by molar-refractivity contribution is -0.141. The molecule has 0 radical (unpaired) electrons. The topological polar surface area (TPSA) is 87.7 Å². The van der Waals surface area contributed by atoms with Crippen molar-refractivity contribution in [3.05, 3.63) is 35.9 Å². The molecule has 0 saturated heterocycles. The monoisotopic (exact) mass is 389 g/mol. The van der Waals surface area contributed by atoms with Crippen molar-refractivity contribution in [2.45, 2.75) is 51.6 Å². The first kappa shape index (κ1) is 21.9. The summed E-state index contributed by atoms with van der Waals surface area (Å²) in [4.78, 5) is 37.8. The first-order valence-electron chi connectivity index (χ1n) is 9.91. The maximum absolute atomic E-state index is 12.4. The van der Waals surface area contributed by atoms with Gasteiger partial charge in [0.15, 0.2) is 0 Å². The average molecular weight is 389 g/mol. The van der Waals surface area contributed by atoms with Crippen molar-refractivity contribution >= 4 is 17.9 Å². The zero-order chi connectivity index (χ0) is 20.4. The second-order valence-corrected chi connectivity index (χ2v) is 7.41. The third-order valence-electron chi connectivity index (χ3n) is 5.16. The third kappa shape index (κ3) is 7.68. The second-order valence-electron chi connectivity index (χ2n) is 7.41. The molecule has 0 unspecified atom stereocenters. The molecule has 154 valence electrons. The van der Waals surface area contributed by atoms with Crippen LogP contribution in [-0.4, -0.2) is 49.0 Å². The molecule has 1 aliphatic carbocycles. The number of carbonyl (C=O) groups excluding carboxylic acids is 3. The summed E-state index contributed by atoms with van der Waals surface area (Å²) in [6.07, 6.45) is 4.51. The molecular formula is C21H31N3O4. The van der Waals surface area contributed by atoms with Gasteiger partial charge in [-0.25, -0.2) is 4.79 Å². The molecule has 1 aromatic carbocycles. The molecule has 3 amide bonds. The number of imide groups is 1. The van der Waals surface area contributed by atoms with Gasteiger partial charge in [0.2, 0.25) is 5.91 Å². The van der Waals surface area contributed by atoms with Crippen molar-refractivity contribution in [2.75, 3.05) is 20.2 Å². The van der Waals surface area contributed by atoms with E-state index in [1.165, 1.54) is 13.5 Å². The normalized spacial score (nSPS) is 19.1. The minimum absolute atomic E-state index is 0.0273. The van der Waals surface area contributed by atoms with Gasteiger partial charge in [0.05, 0.1) is 20.1 Å². The fourth-order valence-corrected chi connectivity index (χ4v) is 3.51. The van der Waals surface area contributed by atoms with Gasteiger partial charge in [-0.2, -0.15) is 0 Å².